The smallest absolute Gasteiger partial charge is 0.266 e. The highest BCUT2D eigenvalue weighted by Gasteiger charge is 2.17. The molecule has 0 bridgehead atoms. The molecule has 0 aliphatic carbocycles. The summed E-state index contributed by atoms with van der Waals surface area (Å²) >= 11 is 7.19. The number of carbonyl (C=O) groups is 1. The molecule has 3 rings (SSSR count). The fourth-order valence-electron chi connectivity index (χ4n) is 2.09. The van der Waals surface area contributed by atoms with Crippen LogP contribution in [0.3, 0.4) is 0 Å². The van der Waals surface area contributed by atoms with Crippen molar-refractivity contribution >= 4 is 34.0 Å². The van der Waals surface area contributed by atoms with Gasteiger partial charge >= 0.3 is 0 Å². The summed E-state index contributed by atoms with van der Waals surface area (Å²) in [6.45, 7) is 1.64. The van der Waals surface area contributed by atoms with Gasteiger partial charge in [0.1, 0.15) is 11.6 Å². The minimum absolute atomic E-state index is 0.306. The van der Waals surface area contributed by atoms with Gasteiger partial charge in [0.05, 0.1) is 5.69 Å². The van der Waals surface area contributed by atoms with Gasteiger partial charge in [0.15, 0.2) is 11.2 Å². The van der Waals surface area contributed by atoms with Crippen LogP contribution in [0.1, 0.15) is 6.92 Å². The van der Waals surface area contributed by atoms with Crippen LogP contribution in [0.5, 0.6) is 5.75 Å². The van der Waals surface area contributed by atoms with Crippen LogP contribution in [0.4, 0.5) is 9.52 Å². The van der Waals surface area contributed by atoms with Gasteiger partial charge in [-0.05, 0) is 49.4 Å². The van der Waals surface area contributed by atoms with Crippen molar-refractivity contribution in [3.63, 3.8) is 0 Å². The Morgan fingerprint density at radius 3 is 2.76 bits per heavy atom. The summed E-state index contributed by atoms with van der Waals surface area (Å²) in [4.78, 5) is 16.6. The molecule has 0 unspecified atom stereocenters. The Morgan fingerprint density at radius 1 is 1.28 bits per heavy atom. The van der Waals surface area contributed by atoms with Crippen molar-refractivity contribution < 1.29 is 13.9 Å². The Balaban J connectivity index is 1.64. The van der Waals surface area contributed by atoms with Crippen molar-refractivity contribution in [3.8, 4) is 17.0 Å². The Hall–Kier alpha value is -2.44. The molecule has 0 saturated heterocycles. The first-order chi connectivity index (χ1) is 12.0. The summed E-state index contributed by atoms with van der Waals surface area (Å²) < 4.78 is 18.5. The number of amides is 1. The van der Waals surface area contributed by atoms with E-state index in [1.165, 1.54) is 23.5 Å². The van der Waals surface area contributed by atoms with Gasteiger partial charge in [-0.3, -0.25) is 10.1 Å². The number of ether oxygens (including phenoxy) is 1. The van der Waals surface area contributed by atoms with Crippen LogP contribution < -0.4 is 10.1 Å². The number of nitrogens with one attached hydrogen (secondary N) is 1. The van der Waals surface area contributed by atoms with Crippen LogP contribution in [0.15, 0.2) is 53.9 Å². The summed E-state index contributed by atoms with van der Waals surface area (Å²) in [6, 6.07) is 12.9. The molecule has 0 saturated carbocycles. The van der Waals surface area contributed by atoms with E-state index in [1.807, 2.05) is 0 Å². The minimum Gasteiger partial charge on any atom is -0.481 e. The lowest BCUT2D eigenvalue weighted by Gasteiger charge is -2.13. The minimum atomic E-state index is -0.711. The number of carbonyl (C=O) groups excluding carboxylic acids is 1. The zero-order chi connectivity index (χ0) is 17.8. The summed E-state index contributed by atoms with van der Waals surface area (Å²) in [5.41, 5.74) is 1.45. The van der Waals surface area contributed by atoms with Gasteiger partial charge in [-0.25, -0.2) is 9.37 Å². The Labute approximate surface area is 153 Å². The van der Waals surface area contributed by atoms with Crippen LogP contribution in [0.25, 0.3) is 11.3 Å². The molecule has 0 fully saturated rings. The Morgan fingerprint density at radius 2 is 2.04 bits per heavy atom. The van der Waals surface area contributed by atoms with Crippen molar-refractivity contribution in [1.29, 1.82) is 0 Å². The summed E-state index contributed by atoms with van der Waals surface area (Å²) in [5, 5.41) is 5.50. The number of hydrogen-bond acceptors (Lipinski definition) is 4. The van der Waals surface area contributed by atoms with Crippen LogP contribution in [-0.2, 0) is 4.79 Å². The molecule has 25 heavy (non-hydrogen) atoms. The van der Waals surface area contributed by atoms with E-state index in [2.05, 4.69) is 10.3 Å². The highest BCUT2D eigenvalue weighted by atomic mass is 35.5. The first-order valence-corrected chi connectivity index (χ1v) is 8.71. The van der Waals surface area contributed by atoms with Crippen molar-refractivity contribution in [2.45, 2.75) is 13.0 Å². The van der Waals surface area contributed by atoms with Crippen LogP contribution in [-0.4, -0.2) is 17.0 Å². The second kappa shape index (κ2) is 7.63. The van der Waals surface area contributed by atoms with Crippen molar-refractivity contribution in [1.82, 2.24) is 4.98 Å². The topological polar surface area (TPSA) is 51.2 Å². The lowest BCUT2D eigenvalue weighted by Crippen LogP contribution is -2.30. The monoisotopic (exact) mass is 376 g/mol. The quantitative estimate of drug-likeness (QED) is 0.681. The van der Waals surface area contributed by atoms with E-state index in [-0.39, 0.29) is 11.7 Å². The number of anilines is 1. The molecule has 3 aromatic rings. The number of thiazole rings is 1. The normalized spacial score (nSPS) is 11.8. The van der Waals surface area contributed by atoms with Gasteiger partial charge in [-0.15, -0.1) is 11.3 Å². The third kappa shape index (κ3) is 4.55. The molecule has 1 heterocycles. The molecule has 128 valence electrons. The SMILES string of the molecule is C[C@@H](Oc1cccc(Cl)c1)C(=O)Nc1nc(-c2ccc(F)cc2)cs1. The van der Waals surface area contributed by atoms with Crippen LogP contribution in [0.2, 0.25) is 5.02 Å². The van der Waals surface area contributed by atoms with E-state index >= 15 is 0 Å². The van der Waals surface area contributed by atoms with E-state index < -0.39 is 6.10 Å². The third-order valence-corrected chi connectivity index (χ3v) is 4.35. The number of rotatable bonds is 5. The summed E-state index contributed by atoms with van der Waals surface area (Å²) in [6.07, 6.45) is -0.711. The fourth-order valence-corrected chi connectivity index (χ4v) is 2.99. The number of hydrogen-bond donors (Lipinski definition) is 1. The standard InChI is InChI=1S/C18H14ClFN2O2S/c1-11(24-15-4-2-3-13(19)9-15)17(23)22-18-21-16(10-25-18)12-5-7-14(20)8-6-12/h2-11H,1H3,(H,21,22,23)/t11-/m1/s1. The first kappa shape index (κ1) is 17.4. The largest absolute Gasteiger partial charge is 0.481 e. The predicted octanol–water partition coefficient (Wildman–Crippen LogP) is 5.01. The molecule has 4 nitrogen and oxygen atoms in total. The summed E-state index contributed by atoms with van der Waals surface area (Å²) in [5.74, 6) is -0.110. The molecule has 1 amide bonds. The molecule has 1 aromatic heterocycles. The number of aromatic nitrogens is 1. The lowest BCUT2D eigenvalue weighted by atomic mass is 10.2. The molecule has 7 heteroatoms. The molecular formula is C18H14ClFN2O2S. The first-order valence-electron chi connectivity index (χ1n) is 7.46. The number of benzene rings is 2. The van der Waals surface area contributed by atoms with Gasteiger partial charge in [0.2, 0.25) is 0 Å². The molecule has 0 aliphatic rings. The zero-order valence-electron chi connectivity index (χ0n) is 13.2. The maximum atomic E-state index is 13.0. The number of nitrogens with zero attached hydrogens (tertiary/aromatic N) is 1. The van der Waals surface area contributed by atoms with E-state index in [0.717, 1.165) is 5.56 Å². The lowest BCUT2D eigenvalue weighted by molar-refractivity contribution is -0.122. The second-order valence-electron chi connectivity index (χ2n) is 5.25. The van der Waals surface area contributed by atoms with E-state index in [4.69, 9.17) is 16.3 Å². The second-order valence-corrected chi connectivity index (χ2v) is 6.55. The zero-order valence-corrected chi connectivity index (χ0v) is 14.8. The van der Waals surface area contributed by atoms with E-state index in [1.54, 1.807) is 48.7 Å². The average Bonchev–Trinajstić information content (AvgIpc) is 3.04. The highest BCUT2D eigenvalue weighted by molar-refractivity contribution is 7.14. The molecule has 0 aliphatic heterocycles. The maximum absolute atomic E-state index is 13.0. The molecule has 1 atom stereocenters. The average molecular weight is 377 g/mol. The number of halogens is 2. The molecule has 0 spiro atoms. The predicted molar refractivity (Wildman–Crippen MR) is 97.7 cm³/mol. The van der Waals surface area contributed by atoms with Crippen molar-refractivity contribution in [2.24, 2.45) is 0 Å². The molecular weight excluding hydrogens is 363 g/mol. The van der Waals surface area contributed by atoms with Gasteiger partial charge in [0, 0.05) is 16.0 Å². The molecule has 0 radical (unpaired) electrons. The summed E-state index contributed by atoms with van der Waals surface area (Å²) in [7, 11) is 0. The fraction of sp³-hybridized carbons (Fsp3) is 0.111. The van der Waals surface area contributed by atoms with E-state index in [9.17, 15) is 9.18 Å². The van der Waals surface area contributed by atoms with Crippen molar-refractivity contribution in [3.05, 3.63) is 64.8 Å². The Kier molecular flexibility index (Phi) is 5.31. The van der Waals surface area contributed by atoms with Gasteiger partial charge in [-0.2, -0.15) is 0 Å². The maximum Gasteiger partial charge on any atom is 0.266 e. The third-order valence-electron chi connectivity index (χ3n) is 3.35. The van der Waals surface area contributed by atoms with Crippen molar-refractivity contribution in [2.75, 3.05) is 5.32 Å². The van der Waals surface area contributed by atoms with Gasteiger partial charge in [-0.1, -0.05) is 17.7 Å². The van der Waals surface area contributed by atoms with Crippen LogP contribution in [0, 0.1) is 5.82 Å². The molecule has 2 aromatic carbocycles. The van der Waals surface area contributed by atoms with Crippen LogP contribution >= 0.6 is 22.9 Å². The van der Waals surface area contributed by atoms with E-state index in [0.29, 0.717) is 21.6 Å². The highest BCUT2D eigenvalue weighted by Crippen LogP contribution is 2.25. The molecule has 1 N–H and O–H groups in total. The Bertz CT molecular complexity index is 883. The van der Waals surface area contributed by atoms with Gasteiger partial charge in [0.25, 0.3) is 5.91 Å². The van der Waals surface area contributed by atoms with Gasteiger partial charge < -0.3 is 4.74 Å².